The Bertz CT molecular complexity index is 799. The molecule has 5 heteroatoms. The molecule has 3 nitrogen and oxygen atoms in total. The van der Waals surface area contributed by atoms with Gasteiger partial charge < -0.3 is 0 Å². The van der Waals surface area contributed by atoms with Crippen molar-refractivity contribution in [1.82, 2.24) is 9.78 Å². The maximum Gasteiger partial charge on any atom is 0.199 e. The van der Waals surface area contributed by atoms with Crippen LogP contribution in [0.25, 0.3) is 5.69 Å². The maximum absolute atomic E-state index is 13.8. The Hall–Kier alpha value is -2.46. The Morgan fingerprint density at radius 1 is 1.14 bits per heavy atom. The van der Waals surface area contributed by atoms with E-state index in [4.69, 9.17) is 11.6 Å². The highest BCUT2D eigenvalue weighted by Gasteiger charge is 2.16. The molecule has 0 saturated carbocycles. The molecule has 0 aliphatic carbocycles. The molecule has 0 aliphatic heterocycles. The van der Waals surface area contributed by atoms with Crippen LogP contribution in [0.4, 0.5) is 4.39 Å². The minimum atomic E-state index is -0.639. The van der Waals surface area contributed by atoms with Crippen LogP contribution in [-0.2, 0) is 0 Å². The zero-order valence-electron chi connectivity index (χ0n) is 10.8. The number of rotatable bonds is 3. The zero-order valence-corrected chi connectivity index (χ0v) is 11.6. The number of halogens is 2. The van der Waals surface area contributed by atoms with Crippen molar-refractivity contribution in [2.75, 3.05) is 0 Å². The van der Waals surface area contributed by atoms with Gasteiger partial charge in [0.15, 0.2) is 5.78 Å². The first kappa shape index (κ1) is 13.5. The molecule has 0 bridgehead atoms. The normalized spacial score (nSPS) is 10.6. The van der Waals surface area contributed by atoms with E-state index in [9.17, 15) is 9.18 Å². The van der Waals surface area contributed by atoms with Gasteiger partial charge in [0, 0.05) is 11.2 Å². The highest BCUT2D eigenvalue weighted by Crippen LogP contribution is 2.18. The minimum Gasteiger partial charge on any atom is -0.288 e. The molecule has 0 atom stereocenters. The van der Waals surface area contributed by atoms with Crippen LogP contribution >= 0.6 is 11.6 Å². The number of benzene rings is 2. The molecule has 0 saturated heterocycles. The predicted octanol–water partition coefficient (Wildman–Crippen LogP) is 3.90. The first-order valence-corrected chi connectivity index (χ1v) is 6.63. The van der Waals surface area contributed by atoms with Gasteiger partial charge in [-0.15, -0.1) is 0 Å². The Labute approximate surface area is 125 Å². The lowest BCUT2D eigenvalue weighted by atomic mass is 10.1. The summed E-state index contributed by atoms with van der Waals surface area (Å²) in [6, 6.07) is 13.3. The van der Waals surface area contributed by atoms with E-state index in [0.29, 0.717) is 5.56 Å². The molecule has 3 rings (SSSR count). The van der Waals surface area contributed by atoms with Crippen molar-refractivity contribution in [2.24, 2.45) is 0 Å². The topological polar surface area (TPSA) is 34.9 Å². The van der Waals surface area contributed by atoms with Gasteiger partial charge in [-0.1, -0.05) is 29.8 Å². The van der Waals surface area contributed by atoms with Crippen LogP contribution in [0.3, 0.4) is 0 Å². The third-order valence-corrected chi connectivity index (χ3v) is 3.28. The summed E-state index contributed by atoms with van der Waals surface area (Å²) in [5, 5.41) is 4.38. The number of nitrogens with zero attached hydrogens (tertiary/aromatic N) is 2. The fraction of sp³-hybridized carbons (Fsp3) is 0. The monoisotopic (exact) mass is 300 g/mol. The largest absolute Gasteiger partial charge is 0.288 e. The van der Waals surface area contributed by atoms with Gasteiger partial charge in [-0.3, -0.25) is 4.79 Å². The van der Waals surface area contributed by atoms with Gasteiger partial charge >= 0.3 is 0 Å². The SMILES string of the molecule is O=C(c1cnn(-c2ccccc2)c1)c1ccc(Cl)cc1F. The average molecular weight is 301 g/mol. The first-order valence-electron chi connectivity index (χ1n) is 6.25. The third kappa shape index (κ3) is 2.71. The highest BCUT2D eigenvalue weighted by atomic mass is 35.5. The molecular weight excluding hydrogens is 291 g/mol. The summed E-state index contributed by atoms with van der Waals surface area (Å²) in [5.41, 5.74) is 1.13. The average Bonchev–Trinajstić information content (AvgIpc) is 2.97. The van der Waals surface area contributed by atoms with E-state index in [1.807, 2.05) is 30.3 Å². The summed E-state index contributed by atoms with van der Waals surface area (Å²) in [6.45, 7) is 0. The third-order valence-electron chi connectivity index (χ3n) is 3.04. The summed E-state index contributed by atoms with van der Waals surface area (Å²) in [4.78, 5) is 12.3. The highest BCUT2D eigenvalue weighted by molar-refractivity contribution is 6.30. The number of para-hydroxylation sites is 1. The molecule has 0 unspecified atom stereocenters. The molecule has 0 radical (unpaired) electrons. The second-order valence-corrected chi connectivity index (χ2v) is 4.90. The van der Waals surface area contributed by atoms with Crippen LogP contribution in [0.5, 0.6) is 0 Å². The lowest BCUT2D eigenvalue weighted by Gasteiger charge is -2.01. The van der Waals surface area contributed by atoms with Crippen LogP contribution in [0.1, 0.15) is 15.9 Å². The Morgan fingerprint density at radius 2 is 1.90 bits per heavy atom. The lowest BCUT2D eigenvalue weighted by molar-refractivity contribution is 0.103. The molecule has 2 aromatic carbocycles. The van der Waals surface area contributed by atoms with Gasteiger partial charge in [0.1, 0.15) is 5.82 Å². The quantitative estimate of drug-likeness (QED) is 0.688. The van der Waals surface area contributed by atoms with Crippen molar-refractivity contribution < 1.29 is 9.18 Å². The molecule has 0 N–H and O–H groups in total. The van der Waals surface area contributed by atoms with Crippen LogP contribution in [0.15, 0.2) is 60.9 Å². The van der Waals surface area contributed by atoms with E-state index in [1.165, 1.54) is 18.3 Å². The lowest BCUT2D eigenvalue weighted by Crippen LogP contribution is -2.03. The zero-order chi connectivity index (χ0) is 14.8. The van der Waals surface area contributed by atoms with Crippen molar-refractivity contribution >= 4 is 17.4 Å². The molecular formula is C16H10ClFN2O. The van der Waals surface area contributed by atoms with Gasteiger partial charge in [0.25, 0.3) is 0 Å². The fourth-order valence-corrected chi connectivity index (χ4v) is 2.15. The van der Waals surface area contributed by atoms with Crippen LogP contribution < -0.4 is 0 Å². The number of carbonyl (C=O) groups is 1. The molecule has 0 fully saturated rings. The van der Waals surface area contributed by atoms with Crippen molar-refractivity contribution in [3.63, 3.8) is 0 Å². The molecule has 1 aromatic heterocycles. The minimum absolute atomic E-state index is 0.0213. The molecule has 104 valence electrons. The van der Waals surface area contributed by atoms with Crippen LogP contribution in [0, 0.1) is 5.82 Å². The summed E-state index contributed by atoms with van der Waals surface area (Å²) in [5.74, 6) is -1.06. The Kier molecular flexibility index (Phi) is 3.54. The summed E-state index contributed by atoms with van der Waals surface area (Å²) >= 11 is 5.68. The van der Waals surface area contributed by atoms with Gasteiger partial charge in [-0.2, -0.15) is 5.10 Å². The van der Waals surface area contributed by atoms with Crippen LogP contribution in [0.2, 0.25) is 5.02 Å². The Morgan fingerprint density at radius 3 is 2.62 bits per heavy atom. The number of carbonyl (C=O) groups excluding carboxylic acids is 1. The molecule has 3 aromatic rings. The second kappa shape index (κ2) is 5.50. The van der Waals surface area contributed by atoms with Gasteiger partial charge in [0.05, 0.1) is 23.0 Å². The summed E-state index contributed by atoms with van der Waals surface area (Å²) in [7, 11) is 0. The molecule has 1 heterocycles. The van der Waals surface area contributed by atoms with Crippen molar-refractivity contribution in [3.05, 3.63) is 82.9 Å². The first-order chi connectivity index (χ1) is 10.1. The van der Waals surface area contributed by atoms with E-state index in [0.717, 1.165) is 11.8 Å². The number of ketones is 1. The van der Waals surface area contributed by atoms with E-state index in [2.05, 4.69) is 5.10 Å². The van der Waals surface area contributed by atoms with Crippen molar-refractivity contribution in [1.29, 1.82) is 0 Å². The van der Waals surface area contributed by atoms with Gasteiger partial charge in [-0.05, 0) is 30.3 Å². The maximum atomic E-state index is 13.8. The molecule has 21 heavy (non-hydrogen) atoms. The second-order valence-electron chi connectivity index (χ2n) is 4.46. The van der Waals surface area contributed by atoms with Gasteiger partial charge in [0.2, 0.25) is 0 Å². The van der Waals surface area contributed by atoms with Crippen molar-refractivity contribution in [3.8, 4) is 5.69 Å². The molecule has 0 aliphatic rings. The molecule has 0 amide bonds. The van der Waals surface area contributed by atoms with E-state index < -0.39 is 11.6 Å². The summed E-state index contributed by atoms with van der Waals surface area (Å²) in [6.07, 6.45) is 3.00. The van der Waals surface area contributed by atoms with E-state index in [1.54, 1.807) is 10.9 Å². The van der Waals surface area contributed by atoms with Crippen LogP contribution in [-0.4, -0.2) is 15.6 Å². The predicted molar refractivity (Wildman–Crippen MR) is 78.4 cm³/mol. The van der Waals surface area contributed by atoms with E-state index >= 15 is 0 Å². The number of hydrogen-bond acceptors (Lipinski definition) is 2. The number of hydrogen-bond donors (Lipinski definition) is 0. The van der Waals surface area contributed by atoms with Crippen molar-refractivity contribution in [2.45, 2.75) is 0 Å². The Balaban J connectivity index is 1.94. The standard InChI is InChI=1S/C16H10ClFN2O/c17-12-6-7-14(15(18)8-12)16(21)11-9-19-20(10-11)13-4-2-1-3-5-13/h1-10H. The molecule has 0 spiro atoms. The smallest absolute Gasteiger partial charge is 0.199 e. The van der Waals surface area contributed by atoms with E-state index in [-0.39, 0.29) is 10.6 Å². The fourth-order valence-electron chi connectivity index (χ4n) is 1.99. The summed E-state index contributed by atoms with van der Waals surface area (Å²) < 4.78 is 15.4. The number of aromatic nitrogens is 2. The van der Waals surface area contributed by atoms with Gasteiger partial charge in [-0.25, -0.2) is 9.07 Å².